The summed E-state index contributed by atoms with van der Waals surface area (Å²) in [5.41, 5.74) is -1.71. The summed E-state index contributed by atoms with van der Waals surface area (Å²) < 4.78 is 61.1. The largest absolute Gasteiger partial charge is 1.00 e. The number of halogens is 6. The third-order valence-corrected chi connectivity index (χ3v) is 1.74. The number of rotatable bonds is 1. The van der Waals surface area contributed by atoms with Gasteiger partial charge < -0.3 is 12.9 Å². The molecule has 0 saturated heterocycles. The number of hydrogen-bond donors (Lipinski definition) is 0. The van der Waals surface area contributed by atoms with Crippen molar-refractivity contribution < 1.29 is 73.1 Å². The molecule has 0 N–H and O–H groups in total. The van der Waals surface area contributed by atoms with Gasteiger partial charge in [0.25, 0.3) is 0 Å². The Morgan fingerprint density at radius 2 is 1.57 bits per heavy atom. The van der Waals surface area contributed by atoms with Crippen molar-refractivity contribution in [2.24, 2.45) is 0 Å². The molecule has 0 bridgehead atoms. The van der Waals surface area contributed by atoms with Crippen molar-refractivity contribution in [1.29, 1.82) is 0 Å². The van der Waals surface area contributed by atoms with Gasteiger partial charge in [0.05, 0.1) is 0 Å². The topological polar surface area (TPSA) is 0 Å². The molecule has 0 unspecified atom stereocenters. The first-order chi connectivity index (χ1) is 5.84. The first kappa shape index (κ1) is 14.9. The van der Waals surface area contributed by atoms with E-state index in [9.17, 15) is 21.7 Å². The maximum atomic E-state index is 12.6. The van der Waals surface area contributed by atoms with Crippen LogP contribution >= 0.6 is 11.6 Å². The van der Waals surface area contributed by atoms with Crippen molar-refractivity contribution in [3.05, 3.63) is 28.8 Å². The zero-order chi connectivity index (χ0) is 10.2. The molecule has 0 radical (unpaired) electrons. The molecule has 8 heteroatoms. The normalized spacial score (nSPS) is 11.0. The Morgan fingerprint density at radius 3 is 1.93 bits per heavy atom. The van der Waals surface area contributed by atoms with Crippen molar-refractivity contribution in [2.75, 3.05) is 0 Å². The summed E-state index contributed by atoms with van der Waals surface area (Å²) in [5.74, 6) is -3.50. The SMILES string of the molecule is Fc1ccc(Cl)c([B-](F)(F)F)c1F.[K+]. The first-order valence-corrected chi connectivity index (χ1v) is 3.55. The molecule has 1 aromatic carbocycles. The van der Waals surface area contributed by atoms with E-state index in [0.29, 0.717) is 12.1 Å². The second kappa shape index (κ2) is 5.27. The maximum absolute atomic E-state index is 12.6. The van der Waals surface area contributed by atoms with Crippen molar-refractivity contribution >= 4 is 24.0 Å². The van der Waals surface area contributed by atoms with Gasteiger partial charge in [-0.15, -0.1) is 0 Å². The molecule has 0 atom stereocenters. The zero-order valence-electron chi connectivity index (χ0n) is 7.00. The monoisotopic (exact) mass is 254 g/mol. The average molecular weight is 254 g/mol. The molecule has 0 amide bonds. The summed E-state index contributed by atoms with van der Waals surface area (Å²) >= 11 is 5.08. The van der Waals surface area contributed by atoms with Crippen LogP contribution in [0.5, 0.6) is 0 Å². The van der Waals surface area contributed by atoms with Crippen molar-refractivity contribution in [1.82, 2.24) is 0 Å². The Hall–Kier alpha value is 0.861. The Bertz CT molecular complexity index is 340. The molecule has 0 spiro atoms. The summed E-state index contributed by atoms with van der Waals surface area (Å²) in [4.78, 5) is 0. The Morgan fingerprint density at radius 1 is 1.07 bits per heavy atom. The molecule has 1 rings (SSSR count). The van der Waals surface area contributed by atoms with Crippen LogP contribution in [0.15, 0.2) is 12.1 Å². The predicted molar refractivity (Wildman–Crippen MR) is 40.1 cm³/mol. The molecule has 72 valence electrons. The van der Waals surface area contributed by atoms with Crippen LogP contribution in [0.3, 0.4) is 0 Å². The van der Waals surface area contributed by atoms with Crippen molar-refractivity contribution in [3.63, 3.8) is 0 Å². The van der Waals surface area contributed by atoms with Gasteiger partial charge in [0, 0.05) is 5.02 Å². The molecule has 0 nitrogen and oxygen atoms in total. The fraction of sp³-hybridized carbons (Fsp3) is 0. The van der Waals surface area contributed by atoms with Crippen LogP contribution in [-0.4, -0.2) is 6.98 Å². The van der Waals surface area contributed by atoms with Gasteiger partial charge in [-0.3, -0.25) is 0 Å². The van der Waals surface area contributed by atoms with Gasteiger partial charge in [0.15, 0.2) is 5.82 Å². The van der Waals surface area contributed by atoms with Crippen LogP contribution < -0.4 is 56.8 Å². The molecule has 0 aromatic heterocycles. The molecular weight excluding hydrogens is 252 g/mol. The quantitative estimate of drug-likeness (QED) is 0.366. The number of hydrogen-bond acceptors (Lipinski definition) is 0. The van der Waals surface area contributed by atoms with Gasteiger partial charge in [0.1, 0.15) is 5.82 Å². The fourth-order valence-corrected chi connectivity index (χ4v) is 1.11. The van der Waals surface area contributed by atoms with E-state index in [1.807, 2.05) is 0 Å². The van der Waals surface area contributed by atoms with Crippen molar-refractivity contribution in [3.8, 4) is 0 Å². The predicted octanol–water partition coefficient (Wildman–Crippen LogP) is -0.323. The van der Waals surface area contributed by atoms with Gasteiger partial charge in [-0.2, -0.15) is 0 Å². The van der Waals surface area contributed by atoms with Gasteiger partial charge in [-0.25, -0.2) is 8.78 Å². The summed E-state index contributed by atoms with van der Waals surface area (Å²) in [6, 6.07) is 1.22. The second-order valence-electron chi connectivity index (χ2n) is 2.33. The van der Waals surface area contributed by atoms with Gasteiger partial charge >= 0.3 is 58.4 Å². The van der Waals surface area contributed by atoms with Crippen LogP contribution in [-0.2, 0) is 0 Å². The van der Waals surface area contributed by atoms with Gasteiger partial charge in [-0.1, -0.05) is 17.1 Å². The van der Waals surface area contributed by atoms with E-state index >= 15 is 0 Å². The molecule has 14 heavy (non-hydrogen) atoms. The minimum atomic E-state index is -5.62. The summed E-state index contributed by atoms with van der Waals surface area (Å²) in [6.45, 7) is -5.62. The van der Waals surface area contributed by atoms with E-state index in [1.165, 1.54) is 0 Å². The molecule has 0 saturated carbocycles. The molecule has 0 heterocycles. The second-order valence-corrected chi connectivity index (χ2v) is 2.74. The van der Waals surface area contributed by atoms with E-state index in [0.717, 1.165) is 0 Å². The molecule has 0 aliphatic heterocycles. The van der Waals surface area contributed by atoms with Crippen LogP contribution in [0.25, 0.3) is 0 Å². The van der Waals surface area contributed by atoms with Crippen LogP contribution in [0, 0.1) is 11.6 Å². The average Bonchev–Trinajstić information content (AvgIpc) is 1.95. The smallest absolute Gasteiger partial charge is 0.445 e. The van der Waals surface area contributed by atoms with Crippen LogP contribution in [0.2, 0.25) is 5.02 Å². The molecule has 0 aliphatic rings. The summed E-state index contributed by atoms with van der Waals surface area (Å²) in [7, 11) is 0. The molecule has 1 aromatic rings. The van der Waals surface area contributed by atoms with Gasteiger partial charge in [0.2, 0.25) is 0 Å². The zero-order valence-corrected chi connectivity index (χ0v) is 10.9. The van der Waals surface area contributed by atoms with E-state index in [-0.39, 0.29) is 51.4 Å². The molecular formula is C6H2BClF5K. The standard InChI is InChI=1S/C6H2BClF5.K/c8-3-1-2-4(9)6(10)5(3)7(11,12)13;/h1-2H;/q-1;+1. The minimum absolute atomic E-state index is 0. The first-order valence-electron chi connectivity index (χ1n) is 3.17. The van der Waals surface area contributed by atoms with Gasteiger partial charge in [-0.05, 0) is 12.1 Å². The Kier molecular flexibility index (Phi) is 5.59. The Labute approximate surface area is 124 Å². The third kappa shape index (κ3) is 3.18. The van der Waals surface area contributed by atoms with E-state index < -0.39 is 29.1 Å². The van der Waals surface area contributed by atoms with Crippen LogP contribution in [0.4, 0.5) is 21.7 Å². The third-order valence-electron chi connectivity index (χ3n) is 1.41. The minimum Gasteiger partial charge on any atom is -0.445 e. The molecule has 0 fully saturated rings. The number of benzene rings is 1. The fourth-order valence-electron chi connectivity index (χ4n) is 0.843. The summed E-state index contributed by atoms with van der Waals surface area (Å²) in [5, 5.41) is -0.827. The maximum Gasteiger partial charge on any atom is 1.00 e. The van der Waals surface area contributed by atoms with E-state index in [2.05, 4.69) is 0 Å². The van der Waals surface area contributed by atoms with E-state index in [4.69, 9.17) is 11.6 Å². The molecule has 0 aliphatic carbocycles. The van der Waals surface area contributed by atoms with Crippen molar-refractivity contribution in [2.45, 2.75) is 0 Å². The van der Waals surface area contributed by atoms with Crippen LogP contribution in [0.1, 0.15) is 0 Å². The van der Waals surface area contributed by atoms with E-state index in [1.54, 1.807) is 0 Å². The Balaban J connectivity index is 0.00000169. The summed E-state index contributed by atoms with van der Waals surface area (Å²) in [6.07, 6.45) is 0.